The number of carbonyl (C=O) groups is 1. The number of nitro benzene ring substituents is 1. The summed E-state index contributed by atoms with van der Waals surface area (Å²) in [6.45, 7) is 0. The van der Waals surface area contributed by atoms with Crippen LogP contribution in [0.15, 0.2) is 12.1 Å². The number of benzene rings is 1. The molecule has 0 aliphatic heterocycles. The SMILES string of the molecule is COc1cc(CC(N)=O)c([N+](=O)[O-])cc1OC. The summed E-state index contributed by atoms with van der Waals surface area (Å²) in [5, 5.41) is 10.8. The molecule has 0 fully saturated rings. The molecule has 1 aromatic carbocycles. The van der Waals surface area contributed by atoms with Crippen molar-refractivity contribution in [2.24, 2.45) is 5.73 Å². The van der Waals surface area contributed by atoms with Crippen LogP contribution in [0.1, 0.15) is 5.56 Å². The van der Waals surface area contributed by atoms with Gasteiger partial charge in [-0.2, -0.15) is 0 Å². The van der Waals surface area contributed by atoms with Crippen LogP contribution in [0.25, 0.3) is 0 Å². The average molecular weight is 240 g/mol. The summed E-state index contributed by atoms with van der Waals surface area (Å²) in [7, 11) is 2.77. The van der Waals surface area contributed by atoms with E-state index >= 15 is 0 Å². The first-order valence-electron chi connectivity index (χ1n) is 4.67. The van der Waals surface area contributed by atoms with Crippen molar-refractivity contribution in [3.8, 4) is 11.5 Å². The van der Waals surface area contributed by atoms with Crippen molar-refractivity contribution in [2.75, 3.05) is 14.2 Å². The van der Waals surface area contributed by atoms with Crippen LogP contribution in [0.3, 0.4) is 0 Å². The smallest absolute Gasteiger partial charge is 0.277 e. The molecular formula is C10H12N2O5. The van der Waals surface area contributed by atoms with Crippen molar-refractivity contribution in [3.63, 3.8) is 0 Å². The van der Waals surface area contributed by atoms with Crippen LogP contribution in [0.4, 0.5) is 5.69 Å². The molecule has 0 radical (unpaired) electrons. The Morgan fingerprint density at radius 3 is 2.29 bits per heavy atom. The molecule has 92 valence electrons. The van der Waals surface area contributed by atoms with Crippen molar-refractivity contribution in [1.29, 1.82) is 0 Å². The van der Waals surface area contributed by atoms with E-state index in [4.69, 9.17) is 15.2 Å². The second-order valence-corrected chi connectivity index (χ2v) is 3.24. The summed E-state index contributed by atoms with van der Waals surface area (Å²) in [5.74, 6) is -0.109. The number of rotatable bonds is 5. The van der Waals surface area contributed by atoms with Gasteiger partial charge >= 0.3 is 0 Å². The van der Waals surface area contributed by atoms with Crippen molar-refractivity contribution >= 4 is 11.6 Å². The van der Waals surface area contributed by atoms with Crippen LogP contribution in [0.5, 0.6) is 11.5 Å². The zero-order valence-corrected chi connectivity index (χ0v) is 9.43. The van der Waals surface area contributed by atoms with Crippen LogP contribution in [0, 0.1) is 10.1 Å². The average Bonchev–Trinajstić information content (AvgIpc) is 2.27. The predicted octanol–water partition coefficient (Wildman–Crippen LogP) is 0.640. The Kier molecular flexibility index (Phi) is 3.86. The van der Waals surface area contributed by atoms with Crippen LogP contribution in [0.2, 0.25) is 0 Å². The van der Waals surface area contributed by atoms with E-state index in [-0.39, 0.29) is 23.4 Å². The number of hydrogen-bond donors (Lipinski definition) is 1. The van der Waals surface area contributed by atoms with E-state index < -0.39 is 10.8 Å². The quantitative estimate of drug-likeness (QED) is 0.600. The second-order valence-electron chi connectivity index (χ2n) is 3.24. The Morgan fingerprint density at radius 2 is 1.88 bits per heavy atom. The van der Waals surface area contributed by atoms with Gasteiger partial charge in [0.25, 0.3) is 5.69 Å². The fourth-order valence-electron chi connectivity index (χ4n) is 1.41. The maximum Gasteiger partial charge on any atom is 0.277 e. The second kappa shape index (κ2) is 5.15. The highest BCUT2D eigenvalue weighted by Gasteiger charge is 2.20. The minimum absolute atomic E-state index is 0.195. The molecule has 2 N–H and O–H groups in total. The van der Waals surface area contributed by atoms with Gasteiger partial charge in [0, 0.05) is 5.56 Å². The van der Waals surface area contributed by atoms with Crippen molar-refractivity contribution in [3.05, 3.63) is 27.8 Å². The molecule has 0 aliphatic carbocycles. The number of nitro groups is 1. The van der Waals surface area contributed by atoms with Crippen molar-refractivity contribution < 1.29 is 19.2 Å². The van der Waals surface area contributed by atoms with Crippen LogP contribution < -0.4 is 15.2 Å². The molecule has 0 saturated carbocycles. The van der Waals surface area contributed by atoms with Crippen LogP contribution in [-0.4, -0.2) is 25.1 Å². The standard InChI is InChI=1S/C10H12N2O5/c1-16-8-3-6(4-10(11)13)7(12(14)15)5-9(8)17-2/h3,5H,4H2,1-2H3,(H2,11,13). The lowest BCUT2D eigenvalue weighted by Gasteiger charge is -2.09. The maximum absolute atomic E-state index is 10.8. The van der Waals surface area contributed by atoms with Gasteiger partial charge in [-0.3, -0.25) is 14.9 Å². The molecule has 1 amide bonds. The fourth-order valence-corrected chi connectivity index (χ4v) is 1.41. The van der Waals surface area contributed by atoms with Gasteiger partial charge in [-0.05, 0) is 6.07 Å². The topological polar surface area (TPSA) is 105 Å². The number of hydrogen-bond acceptors (Lipinski definition) is 5. The van der Waals surface area contributed by atoms with Gasteiger partial charge in [-0.15, -0.1) is 0 Å². The third kappa shape index (κ3) is 2.83. The minimum atomic E-state index is -0.652. The molecule has 7 heteroatoms. The molecule has 0 saturated heterocycles. The van der Waals surface area contributed by atoms with Gasteiger partial charge in [0.15, 0.2) is 11.5 Å². The molecular weight excluding hydrogens is 228 g/mol. The number of nitrogens with zero attached hydrogens (tertiary/aromatic N) is 1. The Bertz CT molecular complexity index is 458. The van der Waals surface area contributed by atoms with Crippen LogP contribution in [-0.2, 0) is 11.2 Å². The largest absolute Gasteiger partial charge is 0.493 e. The Labute approximate surface area is 97.3 Å². The fraction of sp³-hybridized carbons (Fsp3) is 0.300. The zero-order chi connectivity index (χ0) is 13.0. The van der Waals surface area contributed by atoms with Crippen molar-refractivity contribution in [2.45, 2.75) is 6.42 Å². The number of ether oxygens (including phenoxy) is 2. The van der Waals surface area contributed by atoms with Gasteiger partial charge in [0.05, 0.1) is 31.6 Å². The summed E-state index contributed by atoms with van der Waals surface area (Å²) < 4.78 is 9.93. The molecule has 0 atom stereocenters. The van der Waals surface area contributed by atoms with Gasteiger partial charge < -0.3 is 15.2 Å². The maximum atomic E-state index is 10.8. The van der Waals surface area contributed by atoms with E-state index in [0.29, 0.717) is 5.75 Å². The van der Waals surface area contributed by atoms with Crippen LogP contribution >= 0.6 is 0 Å². The monoisotopic (exact) mass is 240 g/mol. The molecule has 0 aliphatic rings. The highest BCUT2D eigenvalue weighted by atomic mass is 16.6. The lowest BCUT2D eigenvalue weighted by Crippen LogP contribution is -2.15. The molecule has 17 heavy (non-hydrogen) atoms. The van der Waals surface area contributed by atoms with E-state index in [1.165, 1.54) is 26.4 Å². The number of nitrogens with two attached hydrogens (primary N) is 1. The molecule has 0 spiro atoms. The lowest BCUT2D eigenvalue weighted by atomic mass is 10.1. The zero-order valence-electron chi connectivity index (χ0n) is 9.43. The van der Waals surface area contributed by atoms with E-state index in [2.05, 4.69) is 0 Å². The normalized spacial score (nSPS) is 9.76. The summed E-state index contributed by atoms with van der Waals surface area (Å²) in [4.78, 5) is 21.1. The van der Waals surface area contributed by atoms with E-state index in [1.54, 1.807) is 0 Å². The highest BCUT2D eigenvalue weighted by Crippen LogP contribution is 2.34. The third-order valence-corrected chi connectivity index (χ3v) is 2.15. The van der Waals surface area contributed by atoms with E-state index in [0.717, 1.165) is 0 Å². The number of methoxy groups -OCH3 is 2. The first-order valence-corrected chi connectivity index (χ1v) is 4.67. The summed E-state index contributed by atoms with van der Waals surface area (Å²) in [6, 6.07) is 2.58. The van der Waals surface area contributed by atoms with Gasteiger partial charge in [0.1, 0.15) is 0 Å². The van der Waals surface area contributed by atoms with E-state index in [9.17, 15) is 14.9 Å². The third-order valence-electron chi connectivity index (χ3n) is 2.15. The van der Waals surface area contributed by atoms with Gasteiger partial charge in [-0.25, -0.2) is 0 Å². The molecule has 0 aromatic heterocycles. The Balaban J connectivity index is 3.34. The summed E-state index contributed by atoms with van der Waals surface area (Å²) in [5.41, 5.74) is 5.00. The summed E-state index contributed by atoms with van der Waals surface area (Å²) >= 11 is 0. The molecule has 1 aromatic rings. The molecule has 0 heterocycles. The number of primary amides is 1. The Hall–Kier alpha value is -2.31. The number of carbonyl (C=O) groups excluding carboxylic acids is 1. The summed E-state index contributed by atoms with van der Waals surface area (Å²) in [6.07, 6.45) is -0.226. The van der Waals surface area contributed by atoms with Crippen molar-refractivity contribution in [1.82, 2.24) is 0 Å². The lowest BCUT2D eigenvalue weighted by molar-refractivity contribution is -0.385. The first-order chi connectivity index (χ1) is 7.99. The molecule has 1 rings (SSSR count). The minimum Gasteiger partial charge on any atom is -0.493 e. The predicted molar refractivity (Wildman–Crippen MR) is 59.1 cm³/mol. The Morgan fingerprint density at radius 1 is 1.35 bits per heavy atom. The number of amides is 1. The molecule has 0 unspecified atom stereocenters. The van der Waals surface area contributed by atoms with Gasteiger partial charge in [-0.1, -0.05) is 0 Å². The molecule has 0 bridgehead atoms. The van der Waals surface area contributed by atoms with Gasteiger partial charge in [0.2, 0.25) is 5.91 Å². The van der Waals surface area contributed by atoms with E-state index in [1.807, 2.05) is 0 Å². The highest BCUT2D eigenvalue weighted by molar-refractivity contribution is 5.78. The molecule has 7 nitrogen and oxygen atoms in total. The first kappa shape index (κ1) is 12.8.